The summed E-state index contributed by atoms with van der Waals surface area (Å²) in [6.07, 6.45) is 6.56. The predicted octanol–water partition coefficient (Wildman–Crippen LogP) is -0.285. The van der Waals surface area contributed by atoms with Crippen LogP contribution < -0.4 is 10.5 Å². The second kappa shape index (κ2) is 5.91. The summed E-state index contributed by atoms with van der Waals surface area (Å²) in [5.41, 5.74) is 5.84. The molecule has 0 atom stereocenters. The molecule has 0 unspecified atom stereocenters. The monoisotopic (exact) mass is 281 g/mol. The molecule has 0 fully saturated rings. The minimum atomic E-state index is -3.58. The zero-order valence-electron chi connectivity index (χ0n) is 10.2. The molecule has 19 heavy (non-hydrogen) atoms. The molecule has 0 amide bonds. The number of sulfonamides is 1. The summed E-state index contributed by atoms with van der Waals surface area (Å²) in [5, 5.41) is 0. The molecule has 0 aliphatic heterocycles. The highest BCUT2D eigenvalue weighted by Crippen LogP contribution is 2.11. The molecular formula is C11H15N5O2S. The lowest BCUT2D eigenvalue weighted by molar-refractivity contribution is 0.571. The van der Waals surface area contributed by atoms with Crippen molar-refractivity contribution in [2.24, 2.45) is 5.73 Å². The molecule has 0 aliphatic rings. The number of nitrogens with two attached hydrogens (primary N) is 1. The number of pyridine rings is 1. The van der Waals surface area contributed by atoms with Gasteiger partial charge in [-0.3, -0.25) is 4.98 Å². The summed E-state index contributed by atoms with van der Waals surface area (Å²) in [4.78, 5) is 7.97. The second-order valence-electron chi connectivity index (χ2n) is 3.85. The number of hydrogen-bond donors (Lipinski definition) is 2. The fourth-order valence-electron chi connectivity index (χ4n) is 1.63. The van der Waals surface area contributed by atoms with E-state index in [0.717, 1.165) is 0 Å². The van der Waals surface area contributed by atoms with Crippen LogP contribution in [0.2, 0.25) is 0 Å². The quantitative estimate of drug-likeness (QED) is 0.757. The smallest absolute Gasteiger partial charge is 0.242 e. The van der Waals surface area contributed by atoms with E-state index in [0.29, 0.717) is 12.2 Å². The van der Waals surface area contributed by atoms with Gasteiger partial charge in [0.05, 0.1) is 12.0 Å². The number of imidazole rings is 1. The Bertz CT molecular complexity index is 624. The first-order valence-corrected chi connectivity index (χ1v) is 7.21. The largest absolute Gasteiger partial charge is 0.336 e. The van der Waals surface area contributed by atoms with Gasteiger partial charge in [0.15, 0.2) is 0 Å². The van der Waals surface area contributed by atoms with Crippen molar-refractivity contribution in [3.8, 4) is 0 Å². The molecule has 2 aromatic heterocycles. The maximum absolute atomic E-state index is 12.1. The first-order chi connectivity index (χ1) is 9.13. The van der Waals surface area contributed by atoms with Crippen molar-refractivity contribution in [1.29, 1.82) is 0 Å². The summed E-state index contributed by atoms with van der Waals surface area (Å²) >= 11 is 0. The third-order valence-corrected chi connectivity index (χ3v) is 4.09. The van der Waals surface area contributed by atoms with E-state index in [1.54, 1.807) is 29.4 Å². The number of rotatable bonds is 6. The molecule has 2 heterocycles. The SMILES string of the molecule is NCc1ncccc1S(=O)(=O)NCCn1ccnc1. The molecule has 2 aromatic rings. The van der Waals surface area contributed by atoms with Gasteiger partial charge < -0.3 is 10.3 Å². The third kappa shape index (κ3) is 3.37. The van der Waals surface area contributed by atoms with Crippen LogP contribution in [0, 0.1) is 0 Å². The van der Waals surface area contributed by atoms with E-state index < -0.39 is 10.0 Å². The lowest BCUT2D eigenvalue weighted by atomic mass is 10.3. The number of hydrogen-bond acceptors (Lipinski definition) is 5. The van der Waals surface area contributed by atoms with Gasteiger partial charge in [-0.05, 0) is 12.1 Å². The van der Waals surface area contributed by atoms with Crippen LogP contribution in [-0.4, -0.2) is 29.5 Å². The highest BCUT2D eigenvalue weighted by Gasteiger charge is 2.17. The Hall–Kier alpha value is -1.77. The number of nitrogens with one attached hydrogen (secondary N) is 1. The van der Waals surface area contributed by atoms with Crippen molar-refractivity contribution in [2.75, 3.05) is 6.54 Å². The van der Waals surface area contributed by atoms with Gasteiger partial charge in [-0.25, -0.2) is 18.1 Å². The zero-order valence-corrected chi connectivity index (χ0v) is 11.0. The Morgan fingerprint density at radius 2 is 2.21 bits per heavy atom. The van der Waals surface area contributed by atoms with Crippen LogP contribution in [0.4, 0.5) is 0 Å². The molecule has 102 valence electrons. The Kier molecular flexibility index (Phi) is 4.25. The van der Waals surface area contributed by atoms with Gasteiger partial charge in [0.25, 0.3) is 0 Å². The average molecular weight is 281 g/mol. The van der Waals surface area contributed by atoms with Crippen molar-refractivity contribution < 1.29 is 8.42 Å². The van der Waals surface area contributed by atoms with Gasteiger partial charge in [-0.1, -0.05) is 0 Å². The first-order valence-electron chi connectivity index (χ1n) is 5.73. The Balaban J connectivity index is 2.05. The number of aromatic nitrogens is 3. The van der Waals surface area contributed by atoms with Crippen molar-refractivity contribution in [3.05, 3.63) is 42.7 Å². The molecule has 0 saturated heterocycles. The zero-order chi connectivity index (χ0) is 13.7. The molecule has 0 aliphatic carbocycles. The second-order valence-corrected chi connectivity index (χ2v) is 5.59. The first kappa shape index (κ1) is 13.7. The Morgan fingerprint density at radius 3 is 2.89 bits per heavy atom. The summed E-state index contributed by atoms with van der Waals surface area (Å²) < 4.78 is 28.5. The summed E-state index contributed by atoms with van der Waals surface area (Å²) in [6.45, 7) is 0.869. The van der Waals surface area contributed by atoms with Gasteiger partial charge in [0.2, 0.25) is 10.0 Å². The maximum atomic E-state index is 12.1. The molecule has 7 nitrogen and oxygen atoms in total. The van der Waals surface area contributed by atoms with Crippen LogP contribution in [0.15, 0.2) is 41.9 Å². The van der Waals surface area contributed by atoms with Gasteiger partial charge in [0, 0.05) is 38.2 Å². The van der Waals surface area contributed by atoms with Crippen LogP contribution in [0.25, 0.3) is 0 Å². The van der Waals surface area contributed by atoms with E-state index in [1.807, 2.05) is 0 Å². The van der Waals surface area contributed by atoms with Gasteiger partial charge >= 0.3 is 0 Å². The fraction of sp³-hybridized carbons (Fsp3) is 0.273. The summed E-state index contributed by atoms with van der Waals surface area (Å²) in [7, 11) is -3.58. The molecule has 0 radical (unpaired) electrons. The topological polar surface area (TPSA) is 103 Å². The van der Waals surface area contributed by atoms with Crippen LogP contribution in [0.5, 0.6) is 0 Å². The minimum Gasteiger partial charge on any atom is -0.336 e. The predicted molar refractivity (Wildman–Crippen MR) is 69.5 cm³/mol. The van der Waals surface area contributed by atoms with Crippen LogP contribution in [-0.2, 0) is 23.1 Å². The van der Waals surface area contributed by atoms with Gasteiger partial charge in [-0.15, -0.1) is 0 Å². The highest BCUT2D eigenvalue weighted by atomic mass is 32.2. The summed E-state index contributed by atoms with van der Waals surface area (Å²) in [6, 6.07) is 3.07. The van der Waals surface area contributed by atoms with E-state index in [1.165, 1.54) is 12.3 Å². The molecule has 0 bridgehead atoms. The molecular weight excluding hydrogens is 266 g/mol. The molecule has 0 saturated carbocycles. The van der Waals surface area contributed by atoms with Crippen LogP contribution in [0.1, 0.15) is 5.69 Å². The average Bonchev–Trinajstić information content (AvgIpc) is 2.91. The Labute approximate surface area is 111 Å². The van der Waals surface area contributed by atoms with Gasteiger partial charge in [0.1, 0.15) is 4.90 Å². The highest BCUT2D eigenvalue weighted by molar-refractivity contribution is 7.89. The fourth-order valence-corrected chi connectivity index (χ4v) is 2.85. The molecule has 0 spiro atoms. The third-order valence-electron chi connectivity index (χ3n) is 2.55. The van der Waals surface area contributed by atoms with E-state index in [4.69, 9.17) is 5.73 Å². The van der Waals surface area contributed by atoms with Crippen molar-refractivity contribution in [3.63, 3.8) is 0 Å². The number of nitrogens with zero attached hydrogens (tertiary/aromatic N) is 3. The van der Waals surface area contributed by atoms with Crippen molar-refractivity contribution in [2.45, 2.75) is 18.0 Å². The van der Waals surface area contributed by atoms with E-state index in [-0.39, 0.29) is 18.0 Å². The van der Waals surface area contributed by atoms with Gasteiger partial charge in [-0.2, -0.15) is 0 Å². The maximum Gasteiger partial charge on any atom is 0.242 e. The molecule has 2 rings (SSSR count). The van der Waals surface area contributed by atoms with E-state index in [9.17, 15) is 8.42 Å². The summed E-state index contributed by atoms with van der Waals surface area (Å²) in [5.74, 6) is 0. The van der Waals surface area contributed by atoms with Crippen molar-refractivity contribution >= 4 is 10.0 Å². The Morgan fingerprint density at radius 1 is 1.37 bits per heavy atom. The minimum absolute atomic E-state index is 0.0819. The van der Waals surface area contributed by atoms with E-state index >= 15 is 0 Å². The van der Waals surface area contributed by atoms with E-state index in [2.05, 4.69) is 14.7 Å². The standard InChI is InChI=1S/C11H15N5O2S/c12-8-10-11(2-1-3-14-10)19(17,18)15-5-7-16-6-4-13-9-16/h1-4,6,9,15H,5,7-8,12H2. The van der Waals surface area contributed by atoms with Crippen molar-refractivity contribution in [1.82, 2.24) is 19.3 Å². The normalized spacial score (nSPS) is 11.6. The lowest BCUT2D eigenvalue weighted by Crippen LogP contribution is -2.28. The molecule has 3 N–H and O–H groups in total. The molecule has 8 heteroatoms. The molecule has 0 aromatic carbocycles. The van der Waals surface area contributed by atoms with Crippen LogP contribution in [0.3, 0.4) is 0 Å². The van der Waals surface area contributed by atoms with Crippen LogP contribution >= 0.6 is 0 Å². The lowest BCUT2D eigenvalue weighted by Gasteiger charge is -2.09.